The molecule has 0 fully saturated rings. The highest BCUT2D eigenvalue weighted by atomic mass is 16.2. The minimum absolute atomic E-state index is 0.0854. The summed E-state index contributed by atoms with van der Waals surface area (Å²) >= 11 is 0. The molecule has 3 N–H and O–H groups in total. The second-order valence-corrected chi connectivity index (χ2v) is 4.98. The smallest absolute Gasteiger partial charge is 0.238 e. The topological polar surface area (TPSA) is 82.2 Å². The van der Waals surface area contributed by atoms with Crippen molar-refractivity contribution in [2.24, 2.45) is 5.92 Å². The van der Waals surface area contributed by atoms with Crippen molar-refractivity contribution in [1.29, 1.82) is 5.26 Å². The van der Waals surface area contributed by atoms with Crippen LogP contribution in [-0.4, -0.2) is 30.4 Å². The second kappa shape index (κ2) is 7.51. The van der Waals surface area contributed by atoms with E-state index in [1.807, 2.05) is 37.8 Å². The van der Waals surface area contributed by atoms with E-state index in [1.54, 1.807) is 6.07 Å². The molecular weight excluding hydrogens is 252 g/mol. The zero-order chi connectivity index (χ0) is 15.1. The molecule has 0 saturated heterocycles. The number of nitriles is 1. The maximum atomic E-state index is 12.0. The maximum absolute atomic E-state index is 12.0. The van der Waals surface area contributed by atoms with Gasteiger partial charge in [0.2, 0.25) is 5.91 Å². The Morgan fingerprint density at radius 1 is 1.55 bits per heavy atom. The van der Waals surface area contributed by atoms with Gasteiger partial charge in [0.1, 0.15) is 0 Å². The fourth-order valence-corrected chi connectivity index (χ4v) is 1.86. The fraction of sp³-hybridized carbons (Fsp3) is 0.467. The van der Waals surface area contributed by atoms with Gasteiger partial charge in [-0.25, -0.2) is 0 Å². The number of aryl methyl sites for hydroxylation is 1. The molecule has 0 aliphatic carbocycles. The summed E-state index contributed by atoms with van der Waals surface area (Å²) in [5, 5.41) is 11.6. The van der Waals surface area contributed by atoms with Gasteiger partial charge in [0.05, 0.1) is 18.5 Å². The molecule has 0 aliphatic rings. The largest absolute Gasteiger partial charge is 0.398 e. The van der Waals surface area contributed by atoms with Crippen molar-refractivity contribution in [3.63, 3.8) is 0 Å². The van der Waals surface area contributed by atoms with Crippen molar-refractivity contribution in [2.45, 2.75) is 20.8 Å². The minimum Gasteiger partial charge on any atom is -0.398 e. The van der Waals surface area contributed by atoms with E-state index < -0.39 is 0 Å². The summed E-state index contributed by atoms with van der Waals surface area (Å²) in [6, 6.07) is 7.63. The molecule has 0 heterocycles. The monoisotopic (exact) mass is 274 g/mol. The second-order valence-electron chi connectivity index (χ2n) is 4.98. The summed E-state index contributed by atoms with van der Waals surface area (Å²) in [5.41, 5.74) is 8.15. The lowest BCUT2D eigenvalue weighted by molar-refractivity contribution is -0.117. The molecule has 20 heavy (non-hydrogen) atoms. The summed E-state index contributed by atoms with van der Waals surface area (Å²) in [6.45, 7) is 7.34. The summed E-state index contributed by atoms with van der Waals surface area (Å²) in [4.78, 5) is 13.9. The van der Waals surface area contributed by atoms with Gasteiger partial charge in [-0.3, -0.25) is 9.69 Å². The van der Waals surface area contributed by atoms with E-state index in [1.165, 1.54) is 0 Å². The van der Waals surface area contributed by atoms with Crippen molar-refractivity contribution < 1.29 is 4.79 Å². The highest BCUT2D eigenvalue weighted by Crippen LogP contribution is 2.16. The predicted octanol–water partition coefficient (Wildman–Crippen LogP) is 2.00. The van der Waals surface area contributed by atoms with Crippen LogP contribution in [0.5, 0.6) is 0 Å². The summed E-state index contributed by atoms with van der Waals surface area (Å²) < 4.78 is 0. The number of anilines is 2. The highest BCUT2D eigenvalue weighted by molar-refractivity contribution is 5.92. The number of hydrogen-bond acceptors (Lipinski definition) is 4. The van der Waals surface area contributed by atoms with Gasteiger partial charge in [-0.2, -0.15) is 5.26 Å². The number of nitrogens with two attached hydrogens (primary N) is 1. The van der Waals surface area contributed by atoms with Crippen LogP contribution in [0, 0.1) is 24.2 Å². The Balaban J connectivity index is 2.57. The van der Waals surface area contributed by atoms with Gasteiger partial charge in [-0.05, 0) is 38.1 Å². The van der Waals surface area contributed by atoms with Crippen LogP contribution >= 0.6 is 0 Å². The SMILES string of the molecule is CCN(CC(=O)Nc1ccc(C)c(N)c1)CC(C)C#N. The number of nitrogen functional groups attached to an aromatic ring is 1. The summed E-state index contributed by atoms with van der Waals surface area (Å²) in [5.74, 6) is -0.182. The number of amides is 1. The molecule has 0 aromatic heterocycles. The molecule has 0 bridgehead atoms. The molecule has 0 saturated carbocycles. The van der Waals surface area contributed by atoms with Crippen LogP contribution in [0.2, 0.25) is 0 Å². The zero-order valence-electron chi connectivity index (χ0n) is 12.3. The molecule has 0 spiro atoms. The number of hydrogen-bond donors (Lipinski definition) is 2. The lowest BCUT2D eigenvalue weighted by atomic mass is 10.2. The zero-order valence-corrected chi connectivity index (χ0v) is 12.3. The Labute approximate surface area is 120 Å². The molecular formula is C15H22N4O. The Hall–Kier alpha value is -2.06. The molecule has 1 aromatic carbocycles. The maximum Gasteiger partial charge on any atom is 0.238 e. The van der Waals surface area contributed by atoms with E-state index in [2.05, 4.69) is 11.4 Å². The number of benzene rings is 1. The number of nitrogens with zero attached hydrogens (tertiary/aromatic N) is 2. The van der Waals surface area contributed by atoms with E-state index in [4.69, 9.17) is 11.0 Å². The van der Waals surface area contributed by atoms with Crippen molar-refractivity contribution >= 4 is 17.3 Å². The molecule has 0 aliphatic heterocycles. The number of likely N-dealkylation sites (N-methyl/N-ethyl adjacent to an activating group) is 1. The minimum atomic E-state index is -0.0970. The summed E-state index contributed by atoms with van der Waals surface area (Å²) in [7, 11) is 0. The van der Waals surface area contributed by atoms with E-state index in [-0.39, 0.29) is 18.4 Å². The first-order chi connectivity index (χ1) is 9.46. The lowest BCUT2D eigenvalue weighted by Gasteiger charge is -2.20. The van der Waals surface area contributed by atoms with Crippen LogP contribution < -0.4 is 11.1 Å². The highest BCUT2D eigenvalue weighted by Gasteiger charge is 2.12. The van der Waals surface area contributed by atoms with E-state index in [0.29, 0.717) is 17.9 Å². The number of rotatable bonds is 6. The molecule has 1 unspecified atom stereocenters. The number of carbonyl (C=O) groups is 1. The van der Waals surface area contributed by atoms with E-state index in [9.17, 15) is 4.79 Å². The number of carbonyl (C=O) groups excluding carboxylic acids is 1. The third kappa shape index (κ3) is 4.90. The molecule has 1 atom stereocenters. The summed E-state index contributed by atoms with van der Waals surface area (Å²) in [6.07, 6.45) is 0. The van der Waals surface area contributed by atoms with Gasteiger partial charge in [-0.15, -0.1) is 0 Å². The molecule has 5 heteroatoms. The first-order valence-electron chi connectivity index (χ1n) is 6.74. The van der Waals surface area contributed by atoms with Gasteiger partial charge in [0, 0.05) is 17.9 Å². The lowest BCUT2D eigenvalue weighted by Crippen LogP contribution is -2.35. The van der Waals surface area contributed by atoms with Crippen molar-refractivity contribution in [2.75, 3.05) is 30.7 Å². The Morgan fingerprint density at radius 3 is 2.80 bits per heavy atom. The van der Waals surface area contributed by atoms with E-state index in [0.717, 1.165) is 12.1 Å². The Bertz CT molecular complexity index is 507. The van der Waals surface area contributed by atoms with Gasteiger partial charge in [0.15, 0.2) is 0 Å². The standard InChI is InChI=1S/C15H22N4O/c1-4-19(9-11(2)8-16)10-15(20)18-13-6-5-12(3)14(17)7-13/h5-7,11H,4,9-10,17H2,1-3H3,(H,18,20). The fourth-order valence-electron chi connectivity index (χ4n) is 1.86. The first-order valence-corrected chi connectivity index (χ1v) is 6.74. The molecule has 0 radical (unpaired) electrons. The molecule has 1 aromatic rings. The number of nitrogens with one attached hydrogen (secondary N) is 1. The van der Waals surface area contributed by atoms with Crippen LogP contribution in [0.1, 0.15) is 19.4 Å². The molecule has 108 valence electrons. The quantitative estimate of drug-likeness (QED) is 0.777. The van der Waals surface area contributed by atoms with Gasteiger partial charge < -0.3 is 11.1 Å². The van der Waals surface area contributed by atoms with Crippen molar-refractivity contribution in [3.05, 3.63) is 23.8 Å². The Kier molecular flexibility index (Phi) is 6.01. The average molecular weight is 274 g/mol. The van der Waals surface area contributed by atoms with E-state index >= 15 is 0 Å². The predicted molar refractivity (Wildman–Crippen MR) is 81.1 cm³/mol. The average Bonchev–Trinajstić information content (AvgIpc) is 2.41. The normalized spacial score (nSPS) is 11.9. The van der Waals surface area contributed by atoms with Crippen LogP contribution in [-0.2, 0) is 4.79 Å². The van der Waals surface area contributed by atoms with Crippen LogP contribution in [0.25, 0.3) is 0 Å². The Morgan fingerprint density at radius 2 is 2.25 bits per heavy atom. The third-order valence-electron chi connectivity index (χ3n) is 3.13. The molecule has 5 nitrogen and oxygen atoms in total. The van der Waals surface area contributed by atoms with Crippen molar-refractivity contribution in [1.82, 2.24) is 4.90 Å². The van der Waals surface area contributed by atoms with Gasteiger partial charge in [-0.1, -0.05) is 13.0 Å². The molecule has 1 amide bonds. The first kappa shape index (κ1) is 16.0. The van der Waals surface area contributed by atoms with Gasteiger partial charge >= 0.3 is 0 Å². The van der Waals surface area contributed by atoms with Crippen molar-refractivity contribution in [3.8, 4) is 6.07 Å². The molecule has 1 rings (SSSR count). The third-order valence-corrected chi connectivity index (χ3v) is 3.13. The van der Waals surface area contributed by atoms with Crippen LogP contribution in [0.3, 0.4) is 0 Å². The van der Waals surface area contributed by atoms with Crippen LogP contribution in [0.15, 0.2) is 18.2 Å². The van der Waals surface area contributed by atoms with Crippen LogP contribution in [0.4, 0.5) is 11.4 Å². The van der Waals surface area contributed by atoms with Gasteiger partial charge in [0.25, 0.3) is 0 Å².